The summed E-state index contributed by atoms with van der Waals surface area (Å²) >= 11 is 0. The van der Waals surface area contributed by atoms with Gasteiger partial charge < -0.3 is 15.2 Å². The number of nitrogens with one attached hydrogen (secondary N) is 2. The highest BCUT2D eigenvalue weighted by atomic mass is 127. The molecule has 1 aromatic heterocycles. The van der Waals surface area contributed by atoms with Crippen molar-refractivity contribution in [1.29, 1.82) is 0 Å². The van der Waals surface area contributed by atoms with E-state index in [0.29, 0.717) is 12.1 Å². The molecule has 2 N–H and O–H groups in total. The standard InChI is InChI=1S/C20H31N7.HI/c1-17-12-19(14-27(17)13-18-8-4-3-5-9-18)25-20(21-2)22-10-6-7-11-26-15-23-24-16-26;/h3-5,8-9,15-17,19H,6-7,10-14H2,1-2H3,(H2,21,22,25);1H. The lowest BCUT2D eigenvalue weighted by Gasteiger charge is -2.21. The highest BCUT2D eigenvalue weighted by Crippen LogP contribution is 2.20. The zero-order chi connectivity index (χ0) is 18.9. The zero-order valence-electron chi connectivity index (χ0n) is 16.8. The quantitative estimate of drug-likeness (QED) is 0.254. The van der Waals surface area contributed by atoms with Crippen molar-refractivity contribution in [2.75, 3.05) is 20.1 Å². The fraction of sp³-hybridized carbons (Fsp3) is 0.550. The van der Waals surface area contributed by atoms with Gasteiger partial charge in [-0.3, -0.25) is 9.89 Å². The Balaban J connectivity index is 0.00000280. The number of benzene rings is 1. The van der Waals surface area contributed by atoms with Gasteiger partial charge in [0.25, 0.3) is 0 Å². The third-order valence-electron chi connectivity index (χ3n) is 5.10. The summed E-state index contributed by atoms with van der Waals surface area (Å²) < 4.78 is 2.01. The second kappa shape index (κ2) is 12.0. The highest BCUT2D eigenvalue weighted by Gasteiger charge is 2.29. The molecule has 1 aliphatic heterocycles. The molecular formula is C20H32IN7. The van der Waals surface area contributed by atoms with Crippen LogP contribution in [0.15, 0.2) is 48.0 Å². The Morgan fingerprint density at radius 1 is 1.18 bits per heavy atom. The number of guanidine groups is 1. The number of rotatable bonds is 8. The molecule has 154 valence electrons. The van der Waals surface area contributed by atoms with Gasteiger partial charge in [0.2, 0.25) is 0 Å². The number of hydrogen-bond donors (Lipinski definition) is 2. The van der Waals surface area contributed by atoms with Gasteiger partial charge in [-0.1, -0.05) is 30.3 Å². The molecule has 2 heterocycles. The third-order valence-corrected chi connectivity index (χ3v) is 5.10. The van der Waals surface area contributed by atoms with Crippen LogP contribution >= 0.6 is 24.0 Å². The lowest BCUT2D eigenvalue weighted by molar-refractivity contribution is 0.258. The summed E-state index contributed by atoms with van der Waals surface area (Å²) in [4.78, 5) is 6.92. The van der Waals surface area contributed by atoms with Crippen molar-refractivity contribution in [1.82, 2.24) is 30.3 Å². The second-order valence-electron chi connectivity index (χ2n) is 7.25. The summed E-state index contributed by atoms with van der Waals surface area (Å²) in [5, 5.41) is 14.7. The normalized spacial score (nSPS) is 20.0. The van der Waals surface area contributed by atoms with E-state index < -0.39 is 0 Å². The van der Waals surface area contributed by atoms with Gasteiger partial charge in [0, 0.05) is 45.3 Å². The van der Waals surface area contributed by atoms with Gasteiger partial charge in [0.15, 0.2) is 5.96 Å². The van der Waals surface area contributed by atoms with Crippen molar-refractivity contribution in [2.45, 2.75) is 51.4 Å². The molecule has 1 aromatic carbocycles. The Morgan fingerprint density at radius 3 is 2.64 bits per heavy atom. The maximum Gasteiger partial charge on any atom is 0.191 e. The molecule has 0 amide bonds. The van der Waals surface area contributed by atoms with Crippen LogP contribution in [0.25, 0.3) is 0 Å². The topological polar surface area (TPSA) is 70.4 Å². The molecule has 2 atom stereocenters. The summed E-state index contributed by atoms with van der Waals surface area (Å²) in [7, 11) is 1.84. The van der Waals surface area contributed by atoms with Crippen molar-refractivity contribution >= 4 is 29.9 Å². The number of aromatic nitrogens is 3. The minimum absolute atomic E-state index is 0. The largest absolute Gasteiger partial charge is 0.356 e. The summed E-state index contributed by atoms with van der Waals surface area (Å²) in [6.07, 6.45) is 6.83. The summed E-state index contributed by atoms with van der Waals surface area (Å²) in [5.74, 6) is 0.901. The molecule has 0 saturated carbocycles. The van der Waals surface area contributed by atoms with Crippen LogP contribution in [-0.4, -0.2) is 57.8 Å². The molecule has 1 fully saturated rings. The van der Waals surface area contributed by atoms with E-state index >= 15 is 0 Å². The average Bonchev–Trinajstić information content (AvgIpc) is 3.31. The molecule has 1 saturated heterocycles. The Hall–Kier alpha value is -1.68. The van der Waals surface area contributed by atoms with Crippen molar-refractivity contribution in [3.05, 3.63) is 48.5 Å². The first-order chi connectivity index (χ1) is 13.2. The lowest BCUT2D eigenvalue weighted by atomic mass is 10.2. The molecule has 2 aromatic rings. The van der Waals surface area contributed by atoms with E-state index in [4.69, 9.17) is 0 Å². The molecule has 7 nitrogen and oxygen atoms in total. The van der Waals surface area contributed by atoms with Gasteiger partial charge in [0.05, 0.1) is 0 Å². The van der Waals surface area contributed by atoms with Crippen LogP contribution in [0.5, 0.6) is 0 Å². The van der Waals surface area contributed by atoms with Crippen LogP contribution in [0.1, 0.15) is 31.7 Å². The van der Waals surface area contributed by atoms with Crippen molar-refractivity contribution < 1.29 is 0 Å². The van der Waals surface area contributed by atoms with Gasteiger partial charge in [0.1, 0.15) is 12.7 Å². The maximum atomic E-state index is 4.38. The molecule has 8 heteroatoms. The van der Waals surface area contributed by atoms with E-state index in [9.17, 15) is 0 Å². The predicted octanol–water partition coefficient (Wildman–Crippen LogP) is 2.50. The zero-order valence-corrected chi connectivity index (χ0v) is 19.1. The van der Waals surface area contributed by atoms with Gasteiger partial charge in [-0.15, -0.1) is 34.2 Å². The van der Waals surface area contributed by atoms with Gasteiger partial charge >= 0.3 is 0 Å². The summed E-state index contributed by atoms with van der Waals surface area (Å²) in [6.45, 7) is 6.23. The Bertz CT molecular complexity index is 690. The molecule has 0 aliphatic carbocycles. The molecule has 0 spiro atoms. The number of nitrogens with zero attached hydrogens (tertiary/aromatic N) is 5. The SMILES string of the molecule is CN=C(NCCCCn1cnnc1)NC1CC(C)N(Cc2ccccc2)C1.I. The average molecular weight is 497 g/mol. The van der Waals surface area contributed by atoms with Crippen LogP contribution in [0, 0.1) is 0 Å². The van der Waals surface area contributed by atoms with Crippen LogP contribution in [-0.2, 0) is 13.1 Å². The third kappa shape index (κ3) is 7.05. The van der Waals surface area contributed by atoms with Gasteiger partial charge in [-0.2, -0.15) is 0 Å². The number of likely N-dealkylation sites (tertiary alicyclic amines) is 1. The Labute approximate surface area is 185 Å². The Morgan fingerprint density at radius 2 is 1.93 bits per heavy atom. The number of unbranched alkanes of at least 4 members (excludes halogenated alkanes) is 1. The van der Waals surface area contributed by atoms with E-state index in [1.54, 1.807) is 12.7 Å². The molecule has 28 heavy (non-hydrogen) atoms. The molecule has 0 radical (unpaired) electrons. The second-order valence-corrected chi connectivity index (χ2v) is 7.25. The molecular weight excluding hydrogens is 465 g/mol. The van der Waals surface area contributed by atoms with Crippen molar-refractivity contribution in [3.8, 4) is 0 Å². The fourth-order valence-electron chi connectivity index (χ4n) is 3.59. The predicted molar refractivity (Wildman–Crippen MR) is 124 cm³/mol. The minimum Gasteiger partial charge on any atom is -0.356 e. The van der Waals surface area contributed by atoms with Crippen LogP contribution in [0.3, 0.4) is 0 Å². The molecule has 1 aliphatic rings. The van der Waals surface area contributed by atoms with Crippen LogP contribution in [0.2, 0.25) is 0 Å². The van der Waals surface area contributed by atoms with Crippen molar-refractivity contribution in [2.24, 2.45) is 4.99 Å². The van der Waals surface area contributed by atoms with Crippen molar-refractivity contribution in [3.63, 3.8) is 0 Å². The number of aryl methyl sites for hydroxylation is 1. The molecule has 3 rings (SSSR count). The lowest BCUT2D eigenvalue weighted by Crippen LogP contribution is -2.44. The van der Waals surface area contributed by atoms with E-state index in [1.165, 1.54) is 5.56 Å². The summed E-state index contributed by atoms with van der Waals surface area (Å²) in [5.41, 5.74) is 1.38. The van der Waals surface area contributed by atoms with Gasteiger partial charge in [-0.05, 0) is 31.7 Å². The number of aliphatic imine (C=N–C) groups is 1. The van der Waals surface area contributed by atoms with Gasteiger partial charge in [-0.25, -0.2) is 0 Å². The Kier molecular flexibility index (Phi) is 9.69. The van der Waals surface area contributed by atoms with E-state index in [0.717, 1.165) is 51.4 Å². The first-order valence-electron chi connectivity index (χ1n) is 9.82. The monoisotopic (exact) mass is 497 g/mol. The van der Waals surface area contributed by atoms with E-state index in [1.807, 2.05) is 11.6 Å². The van der Waals surface area contributed by atoms with E-state index in [-0.39, 0.29) is 24.0 Å². The maximum absolute atomic E-state index is 4.38. The molecule has 2 unspecified atom stereocenters. The van der Waals surface area contributed by atoms with Crippen LogP contribution < -0.4 is 10.6 Å². The minimum atomic E-state index is 0. The summed E-state index contributed by atoms with van der Waals surface area (Å²) in [6, 6.07) is 11.7. The number of halogens is 1. The fourth-order valence-corrected chi connectivity index (χ4v) is 3.59. The first kappa shape index (κ1) is 22.6. The highest BCUT2D eigenvalue weighted by molar-refractivity contribution is 14.0. The van der Waals surface area contributed by atoms with Crippen LogP contribution in [0.4, 0.5) is 0 Å². The smallest absolute Gasteiger partial charge is 0.191 e. The number of hydrogen-bond acceptors (Lipinski definition) is 4. The first-order valence-corrected chi connectivity index (χ1v) is 9.82. The van der Waals surface area contributed by atoms with E-state index in [2.05, 4.69) is 68.0 Å². The molecule has 0 bridgehead atoms.